The van der Waals surface area contributed by atoms with Gasteiger partial charge in [-0.1, -0.05) is 30.3 Å². The van der Waals surface area contributed by atoms with Crippen molar-refractivity contribution in [3.63, 3.8) is 0 Å². The first-order valence-corrected chi connectivity index (χ1v) is 9.59. The summed E-state index contributed by atoms with van der Waals surface area (Å²) in [5.74, 6) is -0.900. The first-order valence-electron chi connectivity index (χ1n) is 9.59. The molecule has 6 heteroatoms. The van der Waals surface area contributed by atoms with E-state index in [9.17, 15) is 13.6 Å². The number of carbonyl (C=O) groups excluding carboxylic acids is 1. The van der Waals surface area contributed by atoms with E-state index in [2.05, 4.69) is 0 Å². The Labute approximate surface area is 173 Å². The normalized spacial score (nSPS) is 15.5. The summed E-state index contributed by atoms with van der Waals surface area (Å²) in [4.78, 5) is 14.9. The number of carbonyl (C=O) groups is 1. The smallest absolute Gasteiger partial charge is 0.257 e. The van der Waals surface area contributed by atoms with Crippen LogP contribution >= 0.6 is 0 Å². The zero-order valence-corrected chi connectivity index (χ0v) is 16.7. The lowest BCUT2D eigenvalue weighted by molar-refractivity contribution is 0.0689. The monoisotopic (exact) mass is 409 g/mol. The van der Waals surface area contributed by atoms with Crippen LogP contribution < -0.4 is 9.47 Å². The number of hydrogen-bond donors (Lipinski definition) is 0. The van der Waals surface area contributed by atoms with Gasteiger partial charge in [0.05, 0.1) is 25.8 Å². The largest absolute Gasteiger partial charge is 0.493 e. The van der Waals surface area contributed by atoms with Crippen LogP contribution in [0.2, 0.25) is 0 Å². The topological polar surface area (TPSA) is 38.8 Å². The van der Waals surface area contributed by atoms with Gasteiger partial charge in [0.1, 0.15) is 11.6 Å². The van der Waals surface area contributed by atoms with Gasteiger partial charge in [-0.05, 0) is 47.4 Å². The van der Waals surface area contributed by atoms with Crippen LogP contribution in [0.25, 0.3) is 0 Å². The van der Waals surface area contributed by atoms with Gasteiger partial charge in [0.15, 0.2) is 11.5 Å². The van der Waals surface area contributed by atoms with Gasteiger partial charge in [-0.15, -0.1) is 0 Å². The van der Waals surface area contributed by atoms with Crippen molar-refractivity contribution < 1.29 is 23.0 Å². The second-order valence-corrected chi connectivity index (χ2v) is 7.09. The fourth-order valence-electron chi connectivity index (χ4n) is 3.98. The molecule has 1 atom stereocenters. The minimum absolute atomic E-state index is 0.152. The minimum Gasteiger partial charge on any atom is -0.493 e. The van der Waals surface area contributed by atoms with Crippen molar-refractivity contribution in [3.05, 3.63) is 94.6 Å². The molecule has 30 heavy (non-hydrogen) atoms. The molecule has 0 aromatic heterocycles. The van der Waals surface area contributed by atoms with Crippen molar-refractivity contribution in [2.75, 3.05) is 20.8 Å². The van der Waals surface area contributed by atoms with Crippen molar-refractivity contribution in [1.82, 2.24) is 4.90 Å². The Kier molecular flexibility index (Phi) is 5.40. The molecular formula is C24H21F2NO3. The lowest BCUT2D eigenvalue weighted by Crippen LogP contribution is -2.41. The Morgan fingerprint density at radius 2 is 1.67 bits per heavy atom. The molecule has 1 aliphatic heterocycles. The van der Waals surface area contributed by atoms with Crippen LogP contribution in [-0.2, 0) is 6.42 Å². The second-order valence-electron chi connectivity index (χ2n) is 7.09. The van der Waals surface area contributed by atoms with Gasteiger partial charge in [-0.2, -0.15) is 0 Å². The van der Waals surface area contributed by atoms with Crippen molar-refractivity contribution in [3.8, 4) is 11.5 Å². The summed E-state index contributed by atoms with van der Waals surface area (Å²) < 4.78 is 38.6. The molecule has 0 saturated carbocycles. The van der Waals surface area contributed by atoms with E-state index in [0.29, 0.717) is 24.5 Å². The number of nitrogens with zero attached hydrogens (tertiary/aromatic N) is 1. The summed E-state index contributed by atoms with van der Waals surface area (Å²) in [5, 5.41) is 0. The zero-order chi connectivity index (χ0) is 21.3. The molecule has 1 aliphatic rings. The molecule has 1 amide bonds. The Hall–Kier alpha value is -3.41. The number of amides is 1. The highest BCUT2D eigenvalue weighted by atomic mass is 19.1. The Balaban J connectivity index is 1.85. The van der Waals surface area contributed by atoms with Crippen molar-refractivity contribution in [2.24, 2.45) is 0 Å². The number of rotatable bonds is 4. The predicted octanol–water partition coefficient (Wildman–Crippen LogP) is 4.77. The first kappa shape index (κ1) is 19.9. The average Bonchev–Trinajstić information content (AvgIpc) is 2.77. The summed E-state index contributed by atoms with van der Waals surface area (Å²) in [6.45, 7) is 0.387. The molecule has 0 bridgehead atoms. The lowest BCUT2D eigenvalue weighted by atomic mass is 9.87. The molecule has 0 spiro atoms. The molecule has 1 heterocycles. The molecule has 0 unspecified atom stereocenters. The van der Waals surface area contributed by atoms with Gasteiger partial charge in [0.25, 0.3) is 5.91 Å². The predicted molar refractivity (Wildman–Crippen MR) is 109 cm³/mol. The second kappa shape index (κ2) is 8.14. The highest BCUT2D eigenvalue weighted by Gasteiger charge is 2.34. The van der Waals surface area contributed by atoms with Crippen LogP contribution in [0.5, 0.6) is 11.5 Å². The fourth-order valence-corrected chi connectivity index (χ4v) is 3.98. The maximum Gasteiger partial charge on any atom is 0.257 e. The van der Waals surface area contributed by atoms with E-state index < -0.39 is 23.6 Å². The lowest BCUT2D eigenvalue weighted by Gasteiger charge is -2.38. The average molecular weight is 409 g/mol. The van der Waals surface area contributed by atoms with E-state index in [1.807, 2.05) is 42.5 Å². The number of benzene rings is 3. The van der Waals surface area contributed by atoms with Crippen LogP contribution in [0, 0.1) is 11.6 Å². The zero-order valence-electron chi connectivity index (χ0n) is 16.7. The first-order chi connectivity index (χ1) is 14.5. The molecule has 0 aliphatic carbocycles. The molecular weight excluding hydrogens is 388 g/mol. The van der Waals surface area contributed by atoms with Gasteiger partial charge in [0.2, 0.25) is 0 Å². The van der Waals surface area contributed by atoms with Crippen molar-refractivity contribution in [1.29, 1.82) is 0 Å². The Morgan fingerprint density at radius 1 is 0.967 bits per heavy atom. The molecule has 0 N–H and O–H groups in total. The molecule has 3 aromatic carbocycles. The molecule has 4 rings (SSSR count). The molecule has 4 nitrogen and oxygen atoms in total. The van der Waals surface area contributed by atoms with Crippen LogP contribution in [0.15, 0.2) is 60.7 Å². The van der Waals surface area contributed by atoms with E-state index in [4.69, 9.17) is 9.47 Å². The SMILES string of the molecule is COc1cc2c(cc1OC)[C@H](c1ccccc1)N(C(=O)c1ccc(F)cc1F)CC2. The number of methoxy groups -OCH3 is 2. The number of halogens is 2. The molecule has 0 saturated heterocycles. The number of fused-ring (bicyclic) bond motifs is 1. The molecule has 3 aromatic rings. The Bertz CT molecular complexity index is 1090. The summed E-state index contributed by atoms with van der Waals surface area (Å²) in [7, 11) is 3.14. The molecule has 154 valence electrons. The summed E-state index contributed by atoms with van der Waals surface area (Å²) in [6, 6.07) is 15.9. The summed E-state index contributed by atoms with van der Waals surface area (Å²) in [6.07, 6.45) is 0.577. The third-order valence-corrected chi connectivity index (χ3v) is 5.41. The van der Waals surface area contributed by atoms with Crippen LogP contribution in [0.4, 0.5) is 8.78 Å². The van der Waals surface area contributed by atoms with Crippen LogP contribution in [0.3, 0.4) is 0 Å². The maximum absolute atomic E-state index is 14.4. The quantitative estimate of drug-likeness (QED) is 0.623. The number of ether oxygens (including phenoxy) is 2. The summed E-state index contributed by atoms with van der Waals surface area (Å²) in [5.41, 5.74) is 2.66. The van der Waals surface area contributed by atoms with Gasteiger partial charge < -0.3 is 14.4 Å². The summed E-state index contributed by atoms with van der Waals surface area (Å²) >= 11 is 0. The third kappa shape index (κ3) is 3.49. The third-order valence-electron chi connectivity index (χ3n) is 5.41. The van der Waals surface area contributed by atoms with E-state index >= 15 is 0 Å². The van der Waals surface area contributed by atoms with Crippen molar-refractivity contribution >= 4 is 5.91 Å². The Morgan fingerprint density at radius 3 is 2.33 bits per heavy atom. The number of hydrogen-bond acceptors (Lipinski definition) is 3. The maximum atomic E-state index is 14.4. The van der Waals surface area contributed by atoms with E-state index in [1.165, 1.54) is 6.07 Å². The van der Waals surface area contributed by atoms with Crippen molar-refractivity contribution in [2.45, 2.75) is 12.5 Å². The molecule has 0 fully saturated rings. The highest BCUT2D eigenvalue weighted by molar-refractivity contribution is 5.95. The van der Waals surface area contributed by atoms with Gasteiger partial charge in [-0.25, -0.2) is 8.78 Å². The minimum atomic E-state index is -0.870. The van der Waals surface area contributed by atoms with Gasteiger partial charge in [-0.3, -0.25) is 4.79 Å². The van der Waals surface area contributed by atoms with E-state index in [-0.39, 0.29) is 5.56 Å². The van der Waals surface area contributed by atoms with Crippen LogP contribution in [0.1, 0.15) is 33.1 Å². The van der Waals surface area contributed by atoms with E-state index in [0.717, 1.165) is 28.8 Å². The van der Waals surface area contributed by atoms with Gasteiger partial charge in [0, 0.05) is 12.6 Å². The van der Waals surface area contributed by atoms with Gasteiger partial charge >= 0.3 is 0 Å². The fraction of sp³-hybridized carbons (Fsp3) is 0.208. The molecule has 0 radical (unpaired) electrons. The van der Waals surface area contributed by atoms with Crippen LogP contribution in [-0.4, -0.2) is 31.6 Å². The van der Waals surface area contributed by atoms with E-state index in [1.54, 1.807) is 19.1 Å². The standard InChI is InChI=1S/C24H21F2NO3/c1-29-21-12-16-10-11-27(24(28)18-9-8-17(25)13-20(18)26)23(15-6-4-3-5-7-15)19(16)14-22(21)30-2/h3-9,12-14,23H,10-11H2,1-2H3/t23-/m0/s1. The highest BCUT2D eigenvalue weighted by Crippen LogP contribution is 2.41.